The molecule has 1 aliphatic rings. The molecule has 0 bridgehead atoms. The summed E-state index contributed by atoms with van der Waals surface area (Å²) in [5.41, 5.74) is 3.14. The zero-order valence-corrected chi connectivity index (χ0v) is 16.4. The van der Waals surface area contributed by atoms with Crippen molar-refractivity contribution in [1.29, 1.82) is 0 Å². The first-order valence-electron chi connectivity index (χ1n) is 8.56. The second kappa shape index (κ2) is 6.22. The predicted octanol–water partition coefficient (Wildman–Crippen LogP) is 2.63. The van der Waals surface area contributed by atoms with E-state index in [4.69, 9.17) is 0 Å². The van der Waals surface area contributed by atoms with Crippen LogP contribution in [-0.4, -0.2) is 42.4 Å². The van der Waals surface area contributed by atoms with Crippen molar-refractivity contribution in [3.05, 3.63) is 53.7 Å². The van der Waals surface area contributed by atoms with E-state index in [0.29, 0.717) is 16.8 Å². The largest absolute Gasteiger partial charge is 0.508 e. The Hall–Kier alpha value is -3.10. The fraction of sp³-hybridized carbons (Fsp3) is 0.150. The number of aryl methyl sites for hydroxylation is 1. The fourth-order valence-electron chi connectivity index (χ4n) is 3.36. The number of nitrogens with zero attached hydrogens (tertiary/aromatic N) is 2. The Morgan fingerprint density at radius 2 is 1.89 bits per heavy atom. The summed E-state index contributed by atoms with van der Waals surface area (Å²) in [5, 5.41) is 13.4. The van der Waals surface area contributed by atoms with E-state index in [1.807, 2.05) is 17.8 Å². The van der Waals surface area contributed by atoms with Gasteiger partial charge in [-0.15, -0.1) is 0 Å². The van der Waals surface area contributed by atoms with E-state index < -0.39 is 10.0 Å². The smallest absolute Gasteiger partial charge is 0.256 e. The van der Waals surface area contributed by atoms with Gasteiger partial charge in [-0.05, 0) is 42.5 Å². The van der Waals surface area contributed by atoms with E-state index in [9.17, 15) is 18.3 Å². The molecule has 0 fully saturated rings. The van der Waals surface area contributed by atoms with Gasteiger partial charge in [-0.1, -0.05) is 0 Å². The number of aromatic hydroxyl groups is 1. The van der Waals surface area contributed by atoms with Crippen LogP contribution >= 0.6 is 0 Å². The molecular weight excluding hydrogens is 378 g/mol. The van der Waals surface area contributed by atoms with Crippen LogP contribution in [0.3, 0.4) is 0 Å². The summed E-state index contributed by atoms with van der Waals surface area (Å²) in [4.78, 5) is 12.7. The predicted molar refractivity (Wildman–Crippen MR) is 108 cm³/mol. The van der Waals surface area contributed by atoms with Gasteiger partial charge < -0.3 is 15.0 Å². The van der Waals surface area contributed by atoms with Gasteiger partial charge in [0.25, 0.3) is 5.91 Å². The highest BCUT2D eigenvalue weighted by molar-refractivity contribution is 7.89. The Kier molecular flexibility index (Phi) is 4.06. The number of benzene rings is 2. The first-order chi connectivity index (χ1) is 13.2. The minimum Gasteiger partial charge on any atom is -0.508 e. The lowest BCUT2D eigenvalue weighted by molar-refractivity contribution is -0.110. The van der Waals surface area contributed by atoms with Gasteiger partial charge in [0.15, 0.2) is 0 Å². The highest BCUT2D eigenvalue weighted by Crippen LogP contribution is 2.36. The molecule has 144 valence electrons. The maximum absolute atomic E-state index is 12.5. The summed E-state index contributed by atoms with van der Waals surface area (Å²) in [6.45, 7) is 0. The van der Waals surface area contributed by atoms with Crippen LogP contribution in [0.4, 0.5) is 5.69 Å². The Morgan fingerprint density at radius 1 is 1.14 bits per heavy atom. The second-order valence-corrected chi connectivity index (χ2v) is 9.06. The standard InChI is InChI=1S/C20H19N3O4S/c1-22(2)28(26,27)14-5-6-18-16(10-14)17(20(25)21-18)8-12-11-23(3)19-7-4-13(24)9-15(12)19/h4-11,24H,1-3H3,(H,21,25)/b17-8-. The number of amides is 1. The molecule has 8 heteroatoms. The van der Waals surface area contributed by atoms with Crippen molar-refractivity contribution in [1.82, 2.24) is 8.87 Å². The third-order valence-electron chi connectivity index (χ3n) is 4.86. The molecular formula is C20H19N3O4S. The normalized spacial score (nSPS) is 15.4. The molecule has 1 amide bonds. The first kappa shape index (κ1) is 18.3. The van der Waals surface area contributed by atoms with Crippen LogP contribution in [0.2, 0.25) is 0 Å². The molecule has 3 aromatic rings. The number of phenolic OH excluding ortho intramolecular Hbond substituents is 1. The van der Waals surface area contributed by atoms with E-state index in [2.05, 4.69) is 5.32 Å². The van der Waals surface area contributed by atoms with Crippen LogP contribution in [0, 0.1) is 0 Å². The summed E-state index contributed by atoms with van der Waals surface area (Å²) in [6.07, 6.45) is 3.58. The molecule has 0 saturated heterocycles. The number of nitrogens with one attached hydrogen (secondary N) is 1. The molecule has 0 spiro atoms. The van der Waals surface area contributed by atoms with Crippen molar-refractivity contribution >= 4 is 44.2 Å². The molecule has 2 heterocycles. The van der Waals surface area contributed by atoms with Crippen LogP contribution < -0.4 is 5.32 Å². The number of carbonyl (C=O) groups is 1. The third-order valence-corrected chi connectivity index (χ3v) is 6.67. The second-order valence-electron chi connectivity index (χ2n) is 6.90. The molecule has 0 atom stereocenters. The highest BCUT2D eigenvalue weighted by atomic mass is 32.2. The van der Waals surface area contributed by atoms with Gasteiger partial charge in [-0.2, -0.15) is 0 Å². The van der Waals surface area contributed by atoms with Crippen LogP contribution in [0.25, 0.3) is 22.6 Å². The molecule has 2 aromatic carbocycles. The Labute approximate surface area is 162 Å². The van der Waals surface area contributed by atoms with E-state index in [1.165, 1.54) is 26.2 Å². The average Bonchev–Trinajstić information content (AvgIpc) is 3.11. The van der Waals surface area contributed by atoms with Crippen molar-refractivity contribution in [2.24, 2.45) is 7.05 Å². The van der Waals surface area contributed by atoms with Crippen molar-refractivity contribution < 1.29 is 18.3 Å². The van der Waals surface area contributed by atoms with E-state index in [0.717, 1.165) is 20.8 Å². The van der Waals surface area contributed by atoms with Crippen LogP contribution in [0.5, 0.6) is 5.75 Å². The number of hydrogen-bond donors (Lipinski definition) is 2. The molecule has 1 aliphatic heterocycles. The molecule has 7 nitrogen and oxygen atoms in total. The molecule has 1 aromatic heterocycles. The van der Waals surface area contributed by atoms with Crippen LogP contribution in [-0.2, 0) is 21.9 Å². The topological polar surface area (TPSA) is 91.6 Å². The van der Waals surface area contributed by atoms with E-state index >= 15 is 0 Å². The lowest BCUT2D eigenvalue weighted by Crippen LogP contribution is -2.22. The zero-order chi connectivity index (χ0) is 20.2. The first-order valence-corrected chi connectivity index (χ1v) is 10.0. The zero-order valence-electron chi connectivity index (χ0n) is 15.6. The summed E-state index contributed by atoms with van der Waals surface area (Å²) in [5.74, 6) is -0.166. The van der Waals surface area contributed by atoms with Crippen LogP contribution in [0.1, 0.15) is 11.1 Å². The van der Waals surface area contributed by atoms with Crippen molar-refractivity contribution in [3.8, 4) is 5.75 Å². The summed E-state index contributed by atoms with van der Waals surface area (Å²) < 4.78 is 28.0. The number of rotatable bonds is 3. The Morgan fingerprint density at radius 3 is 2.61 bits per heavy atom. The minimum atomic E-state index is -3.62. The molecule has 0 unspecified atom stereocenters. The number of anilines is 1. The van der Waals surface area contributed by atoms with Gasteiger partial charge in [0, 0.05) is 60.6 Å². The van der Waals surface area contributed by atoms with Gasteiger partial charge in [0.1, 0.15) is 5.75 Å². The van der Waals surface area contributed by atoms with Crippen molar-refractivity contribution in [2.75, 3.05) is 19.4 Å². The molecule has 28 heavy (non-hydrogen) atoms. The molecule has 2 N–H and O–H groups in total. The van der Waals surface area contributed by atoms with E-state index in [1.54, 1.807) is 30.3 Å². The molecule has 0 saturated carbocycles. The molecule has 4 rings (SSSR count). The maximum atomic E-state index is 12.5. The number of carbonyl (C=O) groups excluding carboxylic acids is 1. The van der Waals surface area contributed by atoms with Gasteiger partial charge in [0.2, 0.25) is 10.0 Å². The third kappa shape index (κ3) is 2.78. The van der Waals surface area contributed by atoms with Crippen LogP contribution in [0.15, 0.2) is 47.5 Å². The minimum absolute atomic E-state index is 0.120. The molecule has 0 aliphatic carbocycles. The number of fused-ring (bicyclic) bond motifs is 2. The number of hydrogen-bond acceptors (Lipinski definition) is 4. The lowest BCUT2D eigenvalue weighted by Gasteiger charge is -2.12. The van der Waals surface area contributed by atoms with Gasteiger partial charge in [-0.3, -0.25) is 4.79 Å². The van der Waals surface area contributed by atoms with Gasteiger partial charge in [0.05, 0.1) is 4.90 Å². The van der Waals surface area contributed by atoms with E-state index in [-0.39, 0.29) is 16.6 Å². The lowest BCUT2D eigenvalue weighted by atomic mass is 10.0. The average molecular weight is 397 g/mol. The number of phenols is 1. The van der Waals surface area contributed by atoms with Gasteiger partial charge >= 0.3 is 0 Å². The Bertz CT molecular complexity index is 1270. The van der Waals surface area contributed by atoms with Gasteiger partial charge in [-0.25, -0.2) is 12.7 Å². The number of aromatic nitrogens is 1. The SMILES string of the molecule is CN(C)S(=O)(=O)c1ccc2c(c1)/C(=C/c1cn(C)c3ccc(O)cc13)C(=O)N2. The fourth-order valence-corrected chi connectivity index (χ4v) is 4.29. The maximum Gasteiger partial charge on any atom is 0.256 e. The van der Waals surface area contributed by atoms with Crippen molar-refractivity contribution in [2.45, 2.75) is 4.90 Å². The Balaban J connectivity index is 1.90. The highest BCUT2D eigenvalue weighted by Gasteiger charge is 2.27. The molecule has 0 radical (unpaired) electrons. The number of sulfonamides is 1. The summed E-state index contributed by atoms with van der Waals surface area (Å²) in [6, 6.07) is 9.64. The summed E-state index contributed by atoms with van der Waals surface area (Å²) in [7, 11) is 1.19. The van der Waals surface area contributed by atoms with Crippen molar-refractivity contribution in [3.63, 3.8) is 0 Å². The quantitative estimate of drug-likeness (QED) is 0.665. The monoisotopic (exact) mass is 397 g/mol. The summed E-state index contributed by atoms with van der Waals surface area (Å²) >= 11 is 0.